The molecule has 1 aliphatic rings. The number of imidazole rings is 2. The number of rotatable bonds is 12. The molecule has 4 heterocycles. The first kappa shape index (κ1) is 28.9. The number of amides is 1. The Hall–Kier alpha value is -4.85. The van der Waals surface area contributed by atoms with Crippen molar-refractivity contribution in [2.75, 3.05) is 30.3 Å². The second-order valence-corrected chi connectivity index (χ2v) is 10.8. The normalized spacial score (nSPS) is 20.0. The second kappa shape index (κ2) is 13.4. The topological polar surface area (TPSA) is 164 Å². The SMILES string of the molecule is [2H]CCNC(=O)[C@H]1OC(n2cnc3c(NCC(c4ccccc4)c4ccccc4)nc(NCCn4ccnc4C)nc32)[C@H](O)[C@@H]1O. The molecule has 45 heavy (non-hydrogen) atoms. The van der Waals surface area contributed by atoms with E-state index in [1.807, 2.05) is 54.1 Å². The third kappa shape index (κ3) is 6.36. The average Bonchev–Trinajstić information content (AvgIpc) is 3.78. The van der Waals surface area contributed by atoms with E-state index in [0.29, 0.717) is 42.6 Å². The van der Waals surface area contributed by atoms with Crippen LogP contribution in [0.3, 0.4) is 0 Å². The second-order valence-electron chi connectivity index (χ2n) is 10.8. The zero-order valence-electron chi connectivity index (χ0n) is 25.8. The van der Waals surface area contributed by atoms with Crippen molar-refractivity contribution in [1.29, 1.82) is 0 Å². The van der Waals surface area contributed by atoms with Crippen LogP contribution in [0.2, 0.25) is 0 Å². The van der Waals surface area contributed by atoms with E-state index in [9.17, 15) is 15.0 Å². The molecule has 234 valence electrons. The van der Waals surface area contributed by atoms with Crippen LogP contribution in [0.1, 0.15) is 37.4 Å². The summed E-state index contributed by atoms with van der Waals surface area (Å²) in [4.78, 5) is 31.0. The fraction of sp³-hybridized carbons (Fsp3) is 0.344. The van der Waals surface area contributed by atoms with E-state index in [4.69, 9.17) is 16.1 Å². The van der Waals surface area contributed by atoms with Crippen molar-refractivity contribution >= 4 is 28.8 Å². The molecular weight excluding hydrogens is 574 g/mol. The number of carbonyl (C=O) groups is 1. The minimum atomic E-state index is -1.49. The number of fused-ring (bicyclic) bond motifs is 1. The van der Waals surface area contributed by atoms with Gasteiger partial charge in [0.05, 0.1) is 6.33 Å². The highest BCUT2D eigenvalue weighted by Crippen LogP contribution is 2.34. The van der Waals surface area contributed by atoms with Crippen molar-refractivity contribution in [2.24, 2.45) is 0 Å². The minimum Gasteiger partial charge on any atom is -0.387 e. The van der Waals surface area contributed by atoms with Gasteiger partial charge in [-0.05, 0) is 25.0 Å². The Morgan fingerprint density at radius 2 is 1.76 bits per heavy atom. The molecule has 1 amide bonds. The molecule has 5 N–H and O–H groups in total. The van der Waals surface area contributed by atoms with Crippen LogP contribution in [0.25, 0.3) is 11.2 Å². The molecule has 1 unspecified atom stereocenters. The first-order valence-corrected chi connectivity index (χ1v) is 14.8. The lowest BCUT2D eigenvalue weighted by Crippen LogP contribution is -2.42. The summed E-state index contributed by atoms with van der Waals surface area (Å²) in [5.41, 5.74) is 3.05. The van der Waals surface area contributed by atoms with Crippen molar-refractivity contribution in [1.82, 2.24) is 34.4 Å². The van der Waals surface area contributed by atoms with E-state index in [-0.39, 0.29) is 19.4 Å². The summed E-state index contributed by atoms with van der Waals surface area (Å²) < 4.78 is 16.7. The number of aliphatic hydroxyl groups is 2. The fourth-order valence-corrected chi connectivity index (χ4v) is 5.56. The molecule has 1 aliphatic heterocycles. The quantitative estimate of drug-likeness (QED) is 0.141. The van der Waals surface area contributed by atoms with E-state index in [0.717, 1.165) is 17.0 Å². The molecular formula is C32H37N9O4. The van der Waals surface area contributed by atoms with Crippen LogP contribution in [0.15, 0.2) is 79.4 Å². The van der Waals surface area contributed by atoms with Gasteiger partial charge in [-0.3, -0.25) is 9.36 Å². The summed E-state index contributed by atoms with van der Waals surface area (Å²) in [5, 5.41) is 31.0. The molecule has 3 aromatic heterocycles. The van der Waals surface area contributed by atoms with Crippen molar-refractivity contribution in [3.8, 4) is 0 Å². The van der Waals surface area contributed by atoms with E-state index in [2.05, 4.69) is 50.2 Å². The number of nitrogens with one attached hydrogen (secondary N) is 3. The standard InChI is InChI=1S/C32H37N9O4/c1-3-33-30(44)27-25(42)26(43)31(45-27)41-19-37-24-28(38-32(39-29(24)41)35-15-17-40-16-14-34-20(40)2)36-18-23(21-10-6-4-7-11-21)22-12-8-5-9-13-22/h4-14,16,19,23,25-27,31,42-43H,3,15,17-18H2,1-2H3,(H,33,44)(H2,35,36,38,39)/t25-,26+,27-,31?/m0/s1/i1D. The Bertz CT molecular complexity index is 1710. The highest BCUT2D eigenvalue weighted by atomic mass is 16.6. The van der Waals surface area contributed by atoms with Gasteiger partial charge in [-0.1, -0.05) is 60.7 Å². The van der Waals surface area contributed by atoms with Crippen molar-refractivity contribution in [3.63, 3.8) is 0 Å². The van der Waals surface area contributed by atoms with E-state index in [1.165, 1.54) is 10.9 Å². The van der Waals surface area contributed by atoms with Gasteiger partial charge in [0.25, 0.3) is 5.91 Å². The molecule has 0 saturated carbocycles. The Kier molecular flexibility index (Phi) is 8.62. The molecule has 4 atom stereocenters. The number of aliphatic hydroxyl groups excluding tert-OH is 2. The van der Waals surface area contributed by atoms with Crippen LogP contribution in [0, 0.1) is 6.92 Å². The summed E-state index contributed by atoms with van der Waals surface area (Å²) in [7, 11) is 0. The molecule has 1 saturated heterocycles. The number of aromatic nitrogens is 6. The third-order valence-corrected chi connectivity index (χ3v) is 7.93. The van der Waals surface area contributed by atoms with Gasteiger partial charge in [-0.2, -0.15) is 9.97 Å². The molecule has 13 nitrogen and oxygen atoms in total. The predicted molar refractivity (Wildman–Crippen MR) is 169 cm³/mol. The third-order valence-electron chi connectivity index (χ3n) is 7.93. The van der Waals surface area contributed by atoms with Gasteiger partial charge in [-0.25, -0.2) is 9.97 Å². The number of nitrogens with zero attached hydrogens (tertiary/aromatic N) is 6. The molecule has 0 aliphatic carbocycles. The first-order chi connectivity index (χ1) is 22.4. The van der Waals surface area contributed by atoms with E-state index < -0.39 is 30.4 Å². The molecule has 0 spiro atoms. The van der Waals surface area contributed by atoms with Crippen LogP contribution in [0.5, 0.6) is 0 Å². The van der Waals surface area contributed by atoms with Gasteiger partial charge in [0.15, 0.2) is 29.3 Å². The van der Waals surface area contributed by atoms with Gasteiger partial charge in [0, 0.05) is 45.9 Å². The Morgan fingerprint density at radius 1 is 1.02 bits per heavy atom. The Balaban J connectivity index is 1.32. The lowest BCUT2D eigenvalue weighted by molar-refractivity contribution is -0.137. The zero-order valence-corrected chi connectivity index (χ0v) is 24.8. The highest BCUT2D eigenvalue weighted by Gasteiger charge is 2.47. The van der Waals surface area contributed by atoms with Gasteiger partial charge in [-0.15, -0.1) is 0 Å². The molecule has 5 aromatic rings. The highest BCUT2D eigenvalue weighted by molar-refractivity contribution is 5.85. The van der Waals surface area contributed by atoms with Crippen LogP contribution < -0.4 is 16.0 Å². The molecule has 2 aromatic carbocycles. The smallest absolute Gasteiger partial charge is 0.252 e. The summed E-state index contributed by atoms with van der Waals surface area (Å²) in [6, 6.07) is 20.4. The Labute approximate surface area is 261 Å². The molecule has 6 rings (SSSR count). The maximum Gasteiger partial charge on any atom is 0.252 e. The summed E-state index contributed by atoms with van der Waals surface area (Å²) in [6.07, 6.45) is -0.278. The molecule has 1 fully saturated rings. The fourth-order valence-electron chi connectivity index (χ4n) is 5.56. The van der Waals surface area contributed by atoms with Crippen LogP contribution >= 0.6 is 0 Å². The van der Waals surface area contributed by atoms with Crippen LogP contribution in [-0.4, -0.2) is 83.1 Å². The number of anilines is 2. The number of aryl methyl sites for hydroxylation is 1. The van der Waals surface area contributed by atoms with E-state index >= 15 is 0 Å². The summed E-state index contributed by atoms with van der Waals surface area (Å²) >= 11 is 0. The van der Waals surface area contributed by atoms with Gasteiger partial charge < -0.3 is 35.5 Å². The number of likely N-dealkylation sites (N-methyl/N-ethyl adjacent to an activating group) is 1. The maximum atomic E-state index is 12.6. The number of benzene rings is 2. The number of hydrogen-bond acceptors (Lipinski definition) is 10. The van der Waals surface area contributed by atoms with Crippen LogP contribution in [-0.2, 0) is 16.1 Å². The summed E-state index contributed by atoms with van der Waals surface area (Å²) in [5.74, 6) is 1.09. The van der Waals surface area contributed by atoms with Gasteiger partial charge >= 0.3 is 0 Å². The van der Waals surface area contributed by atoms with Gasteiger partial charge in [0.2, 0.25) is 5.95 Å². The van der Waals surface area contributed by atoms with E-state index in [1.54, 1.807) is 6.20 Å². The number of hydrogen-bond donors (Lipinski definition) is 5. The number of carbonyl (C=O) groups excluding carboxylic acids is 1. The minimum absolute atomic E-state index is 0.00764. The average molecular weight is 613 g/mol. The first-order valence-electron chi connectivity index (χ1n) is 15.5. The van der Waals surface area contributed by atoms with Gasteiger partial charge in [0.1, 0.15) is 18.0 Å². The monoisotopic (exact) mass is 612 g/mol. The van der Waals surface area contributed by atoms with Crippen molar-refractivity contribution in [3.05, 3.63) is 96.3 Å². The lowest BCUT2D eigenvalue weighted by Gasteiger charge is -2.20. The predicted octanol–water partition coefficient (Wildman–Crippen LogP) is 2.44. The molecule has 0 bridgehead atoms. The Morgan fingerprint density at radius 3 is 2.42 bits per heavy atom. The van der Waals surface area contributed by atoms with Crippen molar-refractivity contribution < 1.29 is 21.1 Å². The largest absolute Gasteiger partial charge is 0.387 e. The van der Waals surface area contributed by atoms with Crippen LogP contribution in [0.4, 0.5) is 11.8 Å². The molecule has 0 radical (unpaired) electrons. The molecule has 13 heteroatoms. The summed E-state index contributed by atoms with van der Waals surface area (Å²) in [6.45, 7) is 3.65. The zero-order chi connectivity index (χ0) is 32.0. The number of ether oxygens (including phenoxy) is 1. The maximum absolute atomic E-state index is 12.6. The lowest BCUT2D eigenvalue weighted by atomic mass is 9.91. The van der Waals surface area contributed by atoms with Crippen molar-refractivity contribution in [2.45, 2.75) is 50.8 Å².